The molecule has 4 aromatic heterocycles. The van der Waals surface area contributed by atoms with Gasteiger partial charge in [0, 0.05) is 35.6 Å². The van der Waals surface area contributed by atoms with Crippen molar-refractivity contribution < 1.29 is 24.2 Å². The number of hydrogen-bond donors (Lipinski definition) is 1. The molecule has 0 aliphatic carbocycles. The van der Waals surface area contributed by atoms with Crippen LogP contribution in [-0.2, 0) is 13.0 Å². The topological polar surface area (TPSA) is 114 Å². The largest absolute Gasteiger partial charge is 0.508 e. The molecule has 3 aromatic carbocycles. The molecule has 1 N–H and O–H groups in total. The van der Waals surface area contributed by atoms with Crippen LogP contribution in [-0.4, -0.2) is 53.7 Å². The first-order chi connectivity index (χ1) is 24.8. The van der Waals surface area contributed by atoms with Gasteiger partial charge < -0.3 is 23.9 Å². The summed E-state index contributed by atoms with van der Waals surface area (Å²) < 4.78 is 15.1. The van der Waals surface area contributed by atoms with Gasteiger partial charge in [-0.1, -0.05) is 30.3 Å². The van der Waals surface area contributed by atoms with Gasteiger partial charge in [-0.15, -0.1) is 12.4 Å². The minimum Gasteiger partial charge on any atom is -0.508 e. The van der Waals surface area contributed by atoms with E-state index in [9.17, 15) is 14.7 Å². The quantitative estimate of drug-likeness (QED) is 0.198. The summed E-state index contributed by atoms with van der Waals surface area (Å²) in [6.45, 7) is 4.53. The summed E-state index contributed by atoms with van der Waals surface area (Å²) in [6, 6.07) is 25.7. The number of benzene rings is 3. The molecule has 0 spiro atoms. The average molecular weight is 713 g/mol. The number of fused-ring (bicyclic) bond motifs is 4. The highest BCUT2D eigenvalue weighted by molar-refractivity contribution is 6.15. The maximum absolute atomic E-state index is 14.9. The van der Waals surface area contributed by atoms with E-state index < -0.39 is 0 Å². The zero-order valence-corrected chi connectivity index (χ0v) is 29.1. The summed E-state index contributed by atoms with van der Waals surface area (Å²) in [5, 5.41) is 14.5. The monoisotopic (exact) mass is 712 g/mol. The van der Waals surface area contributed by atoms with Gasteiger partial charge >= 0.3 is 0 Å². The first-order valence-corrected chi connectivity index (χ1v) is 16.7. The molecule has 0 saturated carbocycles. The van der Waals surface area contributed by atoms with Gasteiger partial charge in [0.1, 0.15) is 5.75 Å². The van der Waals surface area contributed by atoms with Crippen molar-refractivity contribution in [1.82, 2.24) is 23.9 Å². The van der Waals surface area contributed by atoms with E-state index in [0.717, 1.165) is 17.5 Å². The first-order valence-electron chi connectivity index (χ1n) is 16.7. The third-order valence-corrected chi connectivity index (χ3v) is 9.78. The SMILES string of the molecule is Cc1cnn2cc(N(C(=O)c3cc(-c4cc5c(cc4C(=O)N4Cc6ccccc6C[C@H]4C)OCO5)n4ccccc34)c3ccc(O)cc3)cnc12.Cl. The number of halogens is 1. The predicted molar refractivity (Wildman–Crippen MR) is 198 cm³/mol. The number of nitrogens with zero attached hydrogens (tertiary/aromatic N) is 6. The fourth-order valence-electron chi connectivity index (χ4n) is 7.17. The summed E-state index contributed by atoms with van der Waals surface area (Å²) in [5.41, 5.74) is 7.71. The zero-order chi connectivity index (χ0) is 34.8. The molecule has 1 atom stereocenters. The van der Waals surface area contributed by atoms with Crippen LogP contribution in [0.3, 0.4) is 0 Å². The first kappa shape index (κ1) is 32.9. The van der Waals surface area contributed by atoms with Gasteiger partial charge in [-0.05, 0) is 86.0 Å². The van der Waals surface area contributed by atoms with Crippen LogP contribution in [0, 0.1) is 6.92 Å². The van der Waals surface area contributed by atoms with Crippen molar-refractivity contribution in [3.8, 4) is 28.5 Å². The van der Waals surface area contributed by atoms with Gasteiger partial charge in [-0.25, -0.2) is 9.50 Å². The molecule has 12 heteroatoms. The molecular weight excluding hydrogens is 680 g/mol. The number of carbonyl (C=O) groups excluding carboxylic acids is 2. The van der Waals surface area contributed by atoms with Crippen molar-refractivity contribution in [1.29, 1.82) is 0 Å². The number of ether oxygens (including phenoxy) is 2. The molecule has 2 aliphatic rings. The Labute approximate surface area is 304 Å². The molecule has 7 aromatic rings. The molecule has 0 saturated heterocycles. The third-order valence-electron chi connectivity index (χ3n) is 9.78. The Hall–Kier alpha value is -6.33. The minimum atomic E-state index is -0.337. The highest BCUT2D eigenvalue weighted by atomic mass is 35.5. The van der Waals surface area contributed by atoms with Crippen LogP contribution in [0.1, 0.15) is 44.3 Å². The Balaban J connectivity index is 0.00000387. The summed E-state index contributed by atoms with van der Waals surface area (Å²) in [7, 11) is 0. The molecule has 11 nitrogen and oxygen atoms in total. The number of anilines is 2. The number of aromatic hydroxyl groups is 1. The molecule has 0 bridgehead atoms. The Bertz CT molecular complexity index is 2530. The molecule has 52 heavy (non-hydrogen) atoms. The van der Waals surface area contributed by atoms with Crippen LogP contribution >= 0.6 is 12.4 Å². The van der Waals surface area contributed by atoms with E-state index in [0.29, 0.717) is 63.0 Å². The van der Waals surface area contributed by atoms with Crippen molar-refractivity contribution in [3.05, 3.63) is 138 Å². The van der Waals surface area contributed by atoms with Crippen LogP contribution < -0.4 is 14.4 Å². The third kappa shape index (κ3) is 5.37. The second-order valence-corrected chi connectivity index (χ2v) is 13.0. The maximum Gasteiger partial charge on any atom is 0.265 e. The van der Waals surface area contributed by atoms with E-state index in [2.05, 4.69) is 29.1 Å². The van der Waals surface area contributed by atoms with Crippen LogP contribution in [0.25, 0.3) is 22.4 Å². The molecule has 0 fully saturated rings. The van der Waals surface area contributed by atoms with E-state index in [1.807, 2.05) is 64.9 Å². The van der Waals surface area contributed by atoms with Crippen molar-refractivity contribution in [2.45, 2.75) is 32.9 Å². The minimum absolute atomic E-state index is 0. The number of aryl methyl sites for hydroxylation is 1. The normalized spacial score (nSPS) is 14.7. The summed E-state index contributed by atoms with van der Waals surface area (Å²) in [4.78, 5) is 37.6. The van der Waals surface area contributed by atoms with E-state index >= 15 is 0 Å². The van der Waals surface area contributed by atoms with Gasteiger partial charge in [0.25, 0.3) is 11.8 Å². The molecule has 260 valence electrons. The number of carbonyl (C=O) groups is 2. The number of amides is 2. The number of aromatic nitrogens is 4. The highest BCUT2D eigenvalue weighted by Gasteiger charge is 2.33. The molecule has 6 heterocycles. The summed E-state index contributed by atoms with van der Waals surface area (Å²) >= 11 is 0. The van der Waals surface area contributed by atoms with E-state index in [1.54, 1.807) is 46.2 Å². The summed E-state index contributed by atoms with van der Waals surface area (Å²) in [6.07, 6.45) is 7.75. The smallest absolute Gasteiger partial charge is 0.265 e. The highest BCUT2D eigenvalue weighted by Crippen LogP contribution is 2.42. The van der Waals surface area contributed by atoms with Gasteiger partial charge in [0.2, 0.25) is 6.79 Å². The van der Waals surface area contributed by atoms with E-state index in [-0.39, 0.29) is 42.8 Å². The number of phenolic OH excluding ortho intramolecular Hbond substituents is 1. The Morgan fingerprint density at radius 1 is 0.885 bits per heavy atom. The van der Waals surface area contributed by atoms with Crippen LogP contribution in [0.4, 0.5) is 11.4 Å². The lowest BCUT2D eigenvalue weighted by molar-refractivity contribution is 0.0658. The summed E-state index contributed by atoms with van der Waals surface area (Å²) in [5.74, 6) is 0.626. The molecule has 9 rings (SSSR count). The van der Waals surface area contributed by atoms with Gasteiger partial charge in [-0.3, -0.25) is 14.5 Å². The van der Waals surface area contributed by atoms with Crippen molar-refractivity contribution >= 4 is 46.8 Å². The maximum atomic E-state index is 14.9. The van der Waals surface area contributed by atoms with Gasteiger partial charge in [0.05, 0.1) is 46.6 Å². The van der Waals surface area contributed by atoms with Gasteiger partial charge in [-0.2, -0.15) is 5.10 Å². The molecule has 2 aliphatic heterocycles. The molecular formula is C40H33ClN6O5. The Morgan fingerprint density at radius 3 is 2.44 bits per heavy atom. The fraction of sp³-hybridized carbons (Fsp3) is 0.150. The zero-order valence-electron chi connectivity index (χ0n) is 28.3. The second-order valence-electron chi connectivity index (χ2n) is 13.0. The number of hydrogen-bond acceptors (Lipinski definition) is 7. The molecule has 2 amide bonds. The lowest BCUT2D eigenvalue weighted by Crippen LogP contribution is -2.42. The predicted octanol–water partition coefficient (Wildman–Crippen LogP) is 7.38. The lowest BCUT2D eigenvalue weighted by atomic mass is 9.93. The van der Waals surface area contributed by atoms with E-state index in [4.69, 9.17) is 9.47 Å². The lowest BCUT2D eigenvalue weighted by Gasteiger charge is -2.35. The number of rotatable bonds is 5. The van der Waals surface area contributed by atoms with Gasteiger partial charge in [0.15, 0.2) is 17.1 Å². The second kappa shape index (κ2) is 12.8. The van der Waals surface area contributed by atoms with Crippen molar-refractivity contribution in [3.63, 3.8) is 0 Å². The van der Waals surface area contributed by atoms with Crippen LogP contribution in [0.2, 0.25) is 0 Å². The van der Waals surface area contributed by atoms with E-state index in [1.165, 1.54) is 17.7 Å². The molecule has 0 radical (unpaired) electrons. The van der Waals surface area contributed by atoms with Crippen LogP contribution in [0.5, 0.6) is 17.2 Å². The number of phenols is 1. The Kier molecular flexibility index (Phi) is 8.07. The standard InChI is InChI=1S/C40H32N6O5.ClH/c1-24-19-42-45-22-29(20-41-38(24)45)46(28-10-12-30(47)13-11-28)40(49)33-16-35(43-14-6-5-9-34(33)43)31-17-36-37(51-23-50-36)18-32(31)39(48)44-21-27-8-4-3-7-26(27)15-25(44)2;/h3-14,16-20,22,25,47H,15,21,23H2,1-2H3;1H/t25-;/m1./s1. The Morgan fingerprint density at radius 2 is 1.63 bits per heavy atom. The fourth-order valence-corrected chi connectivity index (χ4v) is 7.17. The van der Waals surface area contributed by atoms with Crippen LogP contribution in [0.15, 0.2) is 110 Å². The number of pyridine rings is 1. The van der Waals surface area contributed by atoms with Crippen molar-refractivity contribution in [2.75, 3.05) is 11.7 Å². The van der Waals surface area contributed by atoms with Crippen molar-refractivity contribution in [2.24, 2.45) is 0 Å². The average Bonchev–Trinajstić information content (AvgIpc) is 3.88. The molecule has 0 unspecified atom stereocenters.